The quantitative estimate of drug-likeness (QED) is 0.826. The Morgan fingerprint density at radius 3 is 2.36 bits per heavy atom. The zero-order chi connectivity index (χ0) is 10.7. The molecule has 0 fully saturated rings. The van der Waals surface area contributed by atoms with E-state index in [2.05, 4.69) is 21.2 Å². The summed E-state index contributed by atoms with van der Waals surface area (Å²) in [6.45, 7) is 2.94. The maximum Gasteiger partial charge on any atom is 0.221 e. The molecule has 0 radical (unpaired) electrons. The molecule has 0 saturated heterocycles. The number of rotatable bonds is 2. The Hall–Kier alpha value is -1.16. The van der Waals surface area contributed by atoms with Crippen LogP contribution in [0.4, 0.5) is 5.69 Å². The van der Waals surface area contributed by atoms with E-state index in [0.717, 1.165) is 0 Å². The summed E-state index contributed by atoms with van der Waals surface area (Å²) in [7, 11) is 0. The van der Waals surface area contributed by atoms with Crippen LogP contribution in [0.2, 0.25) is 0 Å². The third kappa shape index (κ3) is 2.67. The number of hydrogen-bond donors (Lipinski definition) is 1. The standard InChI is InChI=1S/C10H10BrNO2/c1-6(13)8-3-4-10(9(11)5-8)12-7(2)14/h3-5H,1-2H3,(H,12,14). The van der Waals surface area contributed by atoms with Gasteiger partial charge in [0.15, 0.2) is 5.78 Å². The minimum Gasteiger partial charge on any atom is -0.325 e. The van der Waals surface area contributed by atoms with Gasteiger partial charge in [0, 0.05) is 17.0 Å². The molecule has 3 nitrogen and oxygen atoms in total. The predicted molar refractivity (Wildman–Crippen MR) is 58.5 cm³/mol. The molecule has 0 aliphatic carbocycles. The summed E-state index contributed by atoms with van der Waals surface area (Å²) in [4.78, 5) is 21.8. The van der Waals surface area contributed by atoms with Gasteiger partial charge in [-0.25, -0.2) is 0 Å². The fraction of sp³-hybridized carbons (Fsp3) is 0.200. The van der Waals surface area contributed by atoms with Crippen molar-refractivity contribution in [1.82, 2.24) is 0 Å². The fourth-order valence-corrected chi connectivity index (χ4v) is 1.50. The Morgan fingerprint density at radius 2 is 1.93 bits per heavy atom. The number of benzene rings is 1. The first-order chi connectivity index (χ1) is 6.50. The maximum absolute atomic E-state index is 11.0. The van der Waals surface area contributed by atoms with Crippen molar-refractivity contribution in [2.24, 2.45) is 0 Å². The van der Waals surface area contributed by atoms with Gasteiger partial charge in [-0.05, 0) is 41.1 Å². The first-order valence-electron chi connectivity index (χ1n) is 4.09. The second-order valence-corrected chi connectivity index (χ2v) is 3.79. The van der Waals surface area contributed by atoms with Crippen LogP contribution in [0.3, 0.4) is 0 Å². The number of hydrogen-bond acceptors (Lipinski definition) is 2. The van der Waals surface area contributed by atoms with E-state index in [0.29, 0.717) is 15.7 Å². The minimum atomic E-state index is -0.138. The molecule has 0 aliphatic heterocycles. The van der Waals surface area contributed by atoms with Crippen molar-refractivity contribution in [3.63, 3.8) is 0 Å². The first-order valence-corrected chi connectivity index (χ1v) is 4.88. The lowest BCUT2D eigenvalue weighted by Gasteiger charge is -2.05. The van der Waals surface area contributed by atoms with Crippen molar-refractivity contribution in [2.75, 3.05) is 5.32 Å². The van der Waals surface area contributed by atoms with Crippen molar-refractivity contribution >= 4 is 33.3 Å². The molecule has 1 N–H and O–H groups in total. The molecule has 0 heterocycles. The number of Topliss-reactive ketones (excluding diaryl/α,β-unsaturated/α-hetero) is 1. The summed E-state index contributed by atoms with van der Waals surface area (Å²) >= 11 is 3.28. The van der Waals surface area contributed by atoms with E-state index >= 15 is 0 Å². The molecule has 1 aromatic carbocycles. The van der Waals surface area contributed by atoms with Gasteiger partial charge in [-0.1, -0.05) is 0 Å². The summed E-state index contributed by atoms with van der Waals surface area (Å²) in [5.41, 5.74) is 1.29. The topological polar surface area (TPSA) is 46.2 Å². The van der Waals surface area contributed by atoms with E-state index in [1.807, 2.05) is 0 Å². The van der Waals surface area contributed by atoms with Crippen LogP contribution in [-0.2, 0) is 4.79 Å². The number of ketones is 1. The van der Waals surface area contributed by atoms with Crippen LogP contribution >= 0.6 is 15.9 Å². The summed E-state index contributed by atoms with van der Waals surface area (Å²) in [5, 5.41) is 2.64. The highest BCUT2D eigenvalue weighted by Crippen LogP contribution is 2.23. The highest BCUT2D eigenvalue weighted by Gasteiger charge is 2.05. The molecule has 1 aromatic rings. The van der Waals surface area contributed by atoms with Crippen LogP contribution in [0, 0.1) is 0 Å². The van der Waals surface area contributed by atoms with E-state index in [4.69, 9.17) is 0 Å². The number of halogens is 1. The van der Waals surface area contributed by atoms with Crippen LogP contribution in [0.25, 0.3) is 0 Å². The van der Waals surface area contributed by atoms with E-state index < -0.39 is 0 Å². The van der Waals surface area contributed by atoms with Crippen LogP contribution < -0.4 is 5.32 Å². The number of amides is 1. The summed E-state index contributed by atoms with van der Waals surface area (Å²) in [6.07, 6.45) is 0. The monoisotopic (exact) mass is 255 g/mol. The highest BCUT2D eigenvalue weighted by molar-refractivity contribution is 9.10. The van der Waals surface area contributed by atoms with Gasteiger partial charge in [-0.15, -0.1) is 0 Å². The Kier molecular flexibility index (Phi) is 3.41. The second-order valence-electron chi connectivity index (χ2n) is 2.93. The Bertz CT molecular complexity index is 388. The first kappa shape index (κ1) is 10.9. The molecule has 4 heteroatoms. The highest BCUT2D eigenvalue weighted by atomic mass is 79.9. The number of nitrogens with one attached hydrogen (secondary N) is 1. The summed E-state index contributed by atoms with van der Waals surface area (Å²) in [6, 6.07) is 5.06. The summed E-state index contributed by atoms with van der Waals surface area (Å²) in [5.74, 6) is -0.138. The third-order valence-corrected chi connectivity index (χ3v) is 2.34. The van der Waals surface area contributed by atoms with Gasteiger partial charge in [0.25, 0.3) is 0 Å². The van der Waals surface area contributed by atoms with Crippen molar-refractivity contribution in [3.8, 4) is 0 Å². The van der Waals surface area contributed by atoms with Gasteiger partial charge >= 0.3 is 0 Å². The molecule has 0 aromatic heterocycles. The van der Waals surface area contributed by atoms with Crippen molar-refractivity contribution in [1.29, 1.82) is 0 Å². The molecule has 0 saturated carbocycles. The lowest BCUT2D eigenvalue weighted by Crippen LogP contribution is -2.06. The number of anilines is 1. The van der Waals surface area contributed by atoms with Crippen LogP contribution in [0.1, 0.15) is 24.2 Å². The van der Waals surface area contributed by atoms with Crippen molar-refractivity contribution in [3.05, 3.63) is 28.2 Å². The molecule has 0 aliphatic rings. The van der Waals surface area contributed by atoms with Gasteiger partial charge in [0.1, 0.15) is 0 Å². The van der Waals surface area contributed by atoms with Gasteiger partial charge < -0.3 is 5.32 Å². The SMILES string of the molecule is CC(=O)Nc1ccc(C(C)=O)cc1Br. The van der Waals surface area contributed by atoms with Gasteiger partial charge in [0.2, 0.25) is 5.91 Å². The molecule has 14 heavy (non-hydrogen) atoms. The van der Waals surface area contributed by atoms with Crippen LogP contribution in [0.15, 0.2) is 22.7 Å². The molecule has 0 bridgehead atoms. The minimum absolute atomic E-state index is 0.0000694. The van der Waals surface area contributed by atoms with E-state index in [1.165, 1.54) is 13.8 Å². The number of carbonyl (C=O) groups is 2. The summed E-state index contributed by atoms with van der Waals surface area (Å²) < 4.78 is 0.709. The van der Waals surface area contributed by atoms with Crippen LogP contribution in [-0.4, -0.2) is 11.7 Å². The van der Waals surface area contributed by atoms with E-state index in [-0.39, 0.29) is 11.7 Å². The molecule has 1 amide bonds. The zero-order valence-corrected chi connectivity index (χ0v) is 9.51. The maximum atomic E-state index is 11.0. The smallest absolute Gasteiger partial charge is 0.221 e. The van der Waals surface area contributed by atoms with Crippen LogP contribution in [0.5, 0.6) is 0 Å². The van der Waals surface area contributed by atoms with Crippen molar-refractivity contribution < 1.29 is 9.59 Å². The largest absolute Gasteiger partial charge is 0.325 e. The van der Waals surface area contributed by atoms with E-state index in [1.54, 1.807) is 18.2 Å². The lowest BCUT2D eigenvalue weighted by molar-refractivity contribution is -0.114. The normalized spacial score (nSPS) is 9.64. The molecular weight excluding hydrogens is 246 g/mol. The molecule has 0 atom stereocenters. The average Bonchev–Trinajstić information content (AvgIpc) is 2.07. The second kappa shape index (κ2) is 4.37. The lowest BCUT2D eigenvalue weighted by atomic mass is 10.1. The van der Waals surface area contributed by atoms with Gasteiger partial charge in [-0.3, -0.25) is 9.59 Å². The van der Waals surface area contributed by atoms with Crippen molar-refractivity contribution in [2.45, 2.75) is 13.8 Å². The zero-order valence-electron chi connectivity index (χ0n) is 7.93. The fourth-order valence-electron chi connectivity index (χ4n) is 1.03. The molecule has 1 rings (SSSR count). The Labute approximate surface area is 90.6 Å². The van der Waals surface area contributed by atoms with Gasteiger partial charge in [0.05, 0.1) is 5.69 Å². The molecular formula is C10H10BrNO2. The molecule has 0 unspecified atom stereocenters. The molecule has 0 spiro atoms. The predicted octanol–water partition coefficient (Wildman–Crippen LogP) is 2.61. The van der Waals surface area contributed by atoms with Gasteiger partial charge in [-0.2, -0.15) is 0 Å². The Balaban J connectivity index is 3.01. The number of carbonyl (C=O) groups excluding carboxylic acids is 2. The third-order valence-electron chi connectivity index (χ3n) is 1.69. The Morgan fingerprint density at radius 1 is 1.29 bits per heavy atom. The molecule has 74 valence electrons. The average molecular weight is 256 g/mol. The van der Waals surface area contributed by atoms with E-state index in [9.17, 15) is 9.59 Å².